The number of nitro groups is 1. The van der Waals surface area contributed by atoms with Crippen molar-refractivity contribution in [1.82, 2.24) is 0 Å². The van der Waals surface area contributed by atoms with Gasteiger partial charge in [0.25, 0.3) is 5.69 Å². The summed E-state index contributed by atoms with van der Waals surface area (Å²) in [5, 5.41) is 18.8. The lowest BCUT2D eigenvalue weighted by atomic mass is 10.1. The average Bonchev–Trinajstić information content (AvgIpc) is 2.26. The Bertz CT molecular complexity index is 443. The summed E-state index contributed by atoms with van der Waals surface area (Å²) in [6, 6.07) is 5.90. The van der Waals surface area contributed by atoms with Crippen LogP contribution >= 0.6 is 0 Å². The lowest BCUT2D eigenvalue weighted by Crippen LogP contribution is -2.13. The molecular formula is C10H11NO5S. The van der Waals surface area contributed by atoms with Crippen molar-refractivity contribution in [3.05, 3.63) is 39.9 Å². The highest BCUT2D eigenvalue weighted by Gasteiger charge is 2.07. The van der Waals surface area contributed by atoms with Crippen molar-refractivity contribution >= 4 is 22.5 Å². The zero-order valence-corrected chi connectivity index (χ0v) is 9.68. The molecule has 1 aromatic rings. The Labute approximate surface area is 99.9 Å². The molecule has 1 rings (SSSR count). The minimum atomic E-state index is -1.40. The van der Waals surface area contributed by atoms with Crippen LogP contribution in [0.3, 0.4) is 0 Å². The van der Waals surface area contributed by atoms with Crippen LogP contribution in [0.25, 0.3) is 0 Å². The van der Waals surface area contributed by atoms with Gasteiger partial charge in [-0.05, 0) is 12.0 Å². The molecule has 0 saturated heterocycles. The number of aryl methyl sites for hydroxylation is 1. The molecule has 6 nitrogen and oxygen atoms in total. The number of hydrogen-bond donors (Lipinski definition) is 1. The zero-order chi connectivity index (χ0) is 12.8. The van der Waals surface area contributed by atoms with Crippen molar-refractivity contribution in [3.8, 4) is 0 Å². The van der Waals surface area contributed by atoms with Crippen molar-refractivity contribution in [2.75, 3.05) is 11.5 Å². The summed E-state index contributed by atoms with van der Waals surface area (Å²) in [4.78, 5) is 20.2. The standard InChI is InChI=1S/C10H11NO5S/c12-10(13)7-17(16)6-5-8-1-3-9(4-2-8)11(14)15/h1-4H,5-7H2,(H,12,13). The largest absolute Gasteiger partial charge is 0.481 e. The molecular weight excluding hydrogens is 246 g/mol. The highest BCUT2D eigenvalue weighted by atomic mass is 32.2. The highest BCUT2D eigenvalue weighted by molar-refractivity contribution is 7.85. The fraction of sp³-hybridized carbons (Fsp3) is 0.300. The number of carbonyl (C=O) groups is 1. The first-order chi connectivity index (χ1) is 7.99. The SMILES string of the molecule is O=C(O)CS(=O)CCc1ccc([N+](=O)[O-])cc1. The number of nitrogens with zero attached hydrogens (tertiary/aromatic N) is 1. The summed E-state index contributed by atoms with van der Waals surface area (Å²) >= 11 is 0. The molecule has 0 aliphatic carbocycles. The zero-order valence-electron chi connectivity index (χ0n) is 8.87. The lowest BCUT2D eigenvalue weighted by Gasteiger charge is -2.00. The van der Waals surface area contributed by atoms with E-state index in [9.17, 15) is 19.1 Å². The molecule has 0 spiro atoms. The average molecular weight is 257 g/mol. The molecule has 1 atom stereocenters. The smallest absolute Gasteiger partial charge is 0.316 e. The van der Waals surface area contributed by atoms with E-state index in [1.165, 1.54) is 12.1 Å². The molecule has 0 heterocycles. The van der Waals surface area contributed by atoms with Gasteiger partial charge in [0.2, 0.25) is 0 Å². The van der Waals surface area contributed by atoms with Crippen molar-refractivity contribution < 1.29 is 19.0 Å². The van der Waals surface area contributed by atoms with Crippen LogP contribution in [0.5, 0.6) is 0 Å². The van der Waals surface area contributed by atoms with Crippen LogP contribution in [0.2, 0.25) is 0 Å². The summed E-state index contributed by atoms with van der Waals surface area (Å²) < 4.78 is 11.2. The second kappa shape index (κ2) is 6.09. The number of hydrogen-bond acceptors (Lipinski definition) is 4. The fourth-order valence-corrected chi connectivity index (χ4v) is 2.11. The molecule has 1 N–H and O–H groups in total. The van der Waals surface area contributed by atoms with Crippen LogP contribution in [0.4, 0.5) is 5.69 Å². The van der Waals surface area contributed by atoms with Gasteiger partial charge in [-0.2, -0.15) is 0 Å². The van der Waals surface area contributed by atoms with E-state index in [4.69, 9.17) is 5.11 Å². The molecule has 0 saturated carbocycles. The van der Waals surface area contributed by atoms with Gasteiger partial charge in [0.05, 0.1) is 4.92 Å². The van der Waals surface area contributed by atoms with Crippen molar-refractivity contribution in [1.29, 1.82) is 0 Å². The predicted octanol–water partition coefficient (Wildman–Crippen LogP) is 0.971. The first-order valence-electron chi connectivity index (χ1n) is 4.79. The third-order valence-electron chi connectivity index (χ3n) is 2.05. The maximum Gasteiger partial charge on any atom is 0.316 e. The molecule has 7 heteroatoms. The first kappa shape index (κ1) is 13.3. The van der Waals surface area contributed by atoms with Crippen LogP contribution in [0.1, 0.15) is 5.56 Å². The molecule has 0 aromatic heterocycles. The number of benzene rings is 1. The summed E-state index contributed by atoms with van der Waals surface area (Å²) in [5.41, 5.74) is 0.801. The van der Waals surface area contributed by atoms with Crippen LogP contribution in [-0.2, 0) is 22.0 Å². The molecule has 0 aliphatic rings. The van der Waals surface area contributed by atoms with E-state index < -0.39 is 21.7 Å². The Balaban J connectivity index is 2.50. The first-order valence-corrected chi connectivity index (χ1v) is 6.28. The Morgan fingerprint density at radius 3 is 2.41 bits per heavy atom. The van der Waals surface area contributed by atoms with Gasteiger partial charge in [-0.1, -0.05) is 12.1 Å². The van der Waals surface area contributed by atoms with Gasteiger partial charge in [0.1, 0.15) is 5.75 Å². The second-order valence-corrected chi connectivity index (χ2v) is 4.93. The van der Waals surface area contributed by atoms with E-state index in [-0.39, 0.29) is 17.2 Å². The van der Waals surface area contributed by atoms with Crippen LogP contribution in [-0.4, -0.2) is 31.7 Å². The van der Waals surface area contributed by atoms with Crippen LogP contribution in [0, 0.1) is 10.1 Å². The molecule has 92 valence electrons. The molecule has 1 unspecified atom stereocenters. The van der Waals surface area contributed by atoms with E-state index in [0.717, 1.165) is 5.56 Å². The van der Waals surface area contributed by atoms with Gasteiger partial charge in [-0.15, -0.1) is 0 Å². The Hall–Kier alpha value is -1.76. The third-order valence-corrected chi connectivity index (χ3v) is 3.28. The molecule has 17 heavy (non-hydrogen) atoms. The number of carboxylic acid groups (broad SMARTS) is 1. The fourth-order valence-electron chi connectivity index (χ4n) is 1.23. The molecule has 0 amide bonds. The van der Waals surface area contributed by atoms with Gasteiger partial charge in [-0.3, -0.25) is 19.1 Å². The Kier molecular flexibility index (Phi) is 4.77. The quantitative estimate of drug-likeness (QED) is 0.605. The molecule has 1 aromatic carbocycles. The maximum atomic E-state index is 11.2. The Morgan fingerprint density at radius 1 is 1.35 bits per heavy atom. The minimum Gasteiger partial charge on any atom is -0.481 e. The normalized spacial score (nSPS) is 12.0. The molecule has 0 radical (unpaired) electrons. The van der Waals surface area contributed by atoms with E-state index in [1.807, 2.05) is 0 Å². The molecule has 0 aliphatic heterocycles. The van der Waals surface area contributed by atoms with Crippen molar-refractivity contribution in [2.45, 2.75) is 6.42 Å². The van der Waals surface area contributed by atoms with E-state index in [2.05, 4.69) is 0 Å². The van der Waals surface area contributed by atoms with Crippen molar-refractivity contribution in [3.63, 3.8) is 0 Å². The second-order valence-electron chi connectivity index (χ2n) is 3.36. The highest BCUT2D eigenvalue weighted by Crippen LogP contribution is 2.12. The monoisotopic (exact) mass is 257 g/mol. The summed E-state index contributed by atoms with van der Waals surface area (Å²) in [7, 11) is -1.40. The number of aliphatic carboxylic acids is 1. The number of non-ortho nitro benzene ring substituents is 1. The van der Waals surface area contributed by atoms with E-state index in [1.54, 1.807) is 12.1 Å². The summed E-state index contributed by atoms with van der Waals surface area (Å²) in [6.45, 7) is 0. The third kappa shape index (κ3) is 4.73. The number of carboxylic acids is 1. The summed E-state index contributed by atoms with van der Waals surface area (Å²) in [5.74, 6) is -1.22. The van der Waals surface area contributed by atoms with Crippen LogP contribution in [0.15, 0.2) is 24.3 Å². The number of nitro benzene ring substituents is 1. The Morgan fingerprint density at radius 2 is 1.94 bits per heavy atom. The number of rotatable bonds is 6. The van der Waals surface area contributed by atoms with Crippen LogP contribution < -0.4 is 0 Å². The van der Waals surface area contributed by atoms with Gasteiger partial charge in [0, 0.05) is 28.7 Å². The lowest BCUT2D eigenvalue weighted by molar-refractivity contribution is -0.384. The predicted molar refractivity (Wildman–Crippen MR) is 62.3 cm³/mol. The van der Waals surface area contributed by atoms with Gasteiger partial charge < -0.3 is 5.11 Å². The van der Waals surface area contributed by atoms with Crippen molar-refractivity contribution in [2.24, 2.45) is 0 Å². The minimum absolute atomic E-state index is 0.000378. The summed E-state index contributed by atoms with van der Waals surface area (Å²) in [6.07, 6.45) is 0.442. The van der Waals surface area contributed by atoms with E-state index >= 15 is 0 Å². The maximum absolute atomic E-state index is 11.2. The van der Waals surface area contributed by atoms with E-state index in [0.29, 0.717) is 6.42 Å². The topological polar surface area (TPSA) is 97.5 Å². The van der Waals surface area contributed by atoms with Gasteiger partial charge in [0.15, 0.2) is 0 Å². The van der Waals surface area contributed by atoms with Gasteiger partial charge >= 0.3 is 5.97 Å². The molecule has 0 bridgehead atoms. The van der Waals surface area contributed by atoms with Gasteiger partial charge in [-0.25, -0.2) is 0 Å². The molecule has 0 fully saturated rings.